The third-order valence-corrected chi connectivity index (χ3v) is 4.36. The minimum atomic E-state index is -0.467. The maximum absolute atomic E-state index is 10.6. The Balaban J connectivity index is 2.04. The van der Waals surface area contributed by atoms with Gasteiger partial charge < -0.3 is 9.84 Å². The molecule has 0 radical (unpaired) electrons. The van der Waals surface area contributed by atoms with Gasteiger partial charge in [-0.25, -0.2) is 0 Å². The zero-order valence-electron chi connectivity index (χ0n) is 13.4. The van der Waals surface area contributed by atoms with Gasteiger partial charge in [-0.1, -0.05) is 38.0 Å². The Morgan fingerprint density at radius 3 is 2.86 bits per heavy atom. The summed E-state index contributed by atoms with van der Waals surface area (Å²) >= 11 is 0. The van der Waals surface area contributed by atoms with Crippen molar-refractivity contribution in [3.63, 3.8) is 0 Å². The molecule has 2 atom stereocenters. The Morgan fingerprint density at radius 2 is 2.10 bits per heavy atom. The van der Waals surface area contributed by atoms with E-state index in [-0.39, 0.29) is 0 Å². The first-order valence-electron chi connectivity index (χ1n) is 8.40. The second kappa shape index (κ2) is 8.40. The monoisotopic (exact) mass is 291 g/mol. The summed E-state index contributed by atoms with van der Waals surface area (Å²) in [5.74, 6) is 0.816. The first-order valence-corrected chi connectivity index (χ1v) is 8.40. The second-order valence-electron chi connectivity index (χ2n) is 5.92. The summed E-state index contributed by atoms with van der Waals surface area (Å²) in [6.07, 6.45) is 5.83. The van der Waals surface area contributed by atoms with Crippen LogP contribution in [-0.4, -0.2) is 35.7 Å². The number of benzene rings is 1. The molecule has 1 aromatic rings. The largest absolute Gasteiger partial charge is 0.493 e. The minimum absolute atomic E-state index is 0.467. The number of likely N-dealkylation sites (tertiary alicyclic amines) is 1. The fourth-order valence-electron chi connectivity index (χ4n) is 3.32. The Kier molecular flexibility index (Phi) is 6.52. The highest BCUT2D eigenvalue weighted by molar-refractivity contribution is 5.35. The molecule has 1 saturated heterocycles. The summed E-state index contributed by atoms with van der Waals surface area (Å²) in [5.41, 5.74) is 0.917. The van der Waals surface area contributed by atoms with Crippen molar-refractivity contribution in [1.29, 1.82) is 0 Å². The number of rotatable bonds is 7. The summed E-state index contributed by atoms with van der Waals surface area (Å²) in [7, 11) is 0. The van der Waals surface area contributed by atoms with E-state index in [1.165, 1.54) is 32.1 Å². The van der Waals surface area contributed by atoms with Crippen LogP contribution in [0.4, 0.5) is 0 Å². The van der Waals surface area contributed by atoms with Crippen LogP contribution in [0, 0.1) is 0 Å². The van der Waals surface area contributed by atoms with Crippen LogP contribution in [0.25, 0.3) is 0 Å². The van der Waals surface area contributed by atoms with E-state index in [0.29, 0.717) is 12.6 Å². The molecule has 3 nitrogen and oxygen atoms in total. The van der Waals surface area contributed by atoms with Crippen molar-refractivity contribution >= 4 is 0 Å². The minimum Gasteiger partial charge on any atom is -0.493 e. The lowest BCUT2D eigenvalue weighted by Gasteiger charge is -2.37. The van der Waals surface area contributed by atoms with Crippen molar-refractivity contribution in [2.75, 3.05) is 19.7 Å². The summed E-state index contributed by atoms with van der Waals surface area (Å²) in [6, 6.07) is 8.50. The van der Waals surface area contributed by atoms with E-state index in [4.69, 9.17) is 4.74 Å². The number of hydrogen-bond acceptors (Lipinski definition) is 3. The van der Waals surface area contributed by atoms with Gasteiger partial charge in [0.15, 0.2) is 0 Å². The number of aliphatic hydroxyl groups is 1. The van der Waals surface area contributed by atoms with Gasteiger partial charge >= 0.3 is 0 Å². The van der Waals surface area contributed by atoms with Crippen LogP contribution in [0.1, 0.15) is 57.6 Å². The SMILES string of the molecule is CCCC1CCCCN1CC(O)c1ccccc1OCC. The lowest BCUT2D eigenvalue weighted by Crippen LogP contribution is -2.41. The van der Waals surface area contributed by atoms with Crippen LogP contribution >= 0.6 is 0 Å². The molecule has 1 aromatic carbocycles. The highest BCUT2D eigenvalue weighted by Gasteiger charge is 2.25. The summed E-state index contributed by atoms with van der Waals surface area (Å²) in [4.78, 5) is 2.47. The van der Waals surface area contributed by atoms with Crippen LogP contribution in [-0.2, 0) is 0 Å². The molecule has 2 unspecified atom stereocenters. The Labute approximate surface area is 128 Å². The number of nitrogens with zero attached hydrogens (tertiary/aromatic N) is 1. The maximum atomic E-state index is 10.6. The average Bonchev–Trinajstić information content (AvgIpc) is 2.50. The first-order chi connectivity index (χ1) is 10.3. The number of piperidine rings is 1. The lowest BCUT2D eigenvalue weighted by molar-refractivity contribution is 0.0620. The summed E-state index contributed by atoms with van der Waals surface area (Å²) < 4.78 is 5.64. The smallest absolute Gasteiger partial charge is 0.125 e. The topological polar surface area (TPSA) is 32.7 Å². The molecule has 0 aromatic heterocycles. The van der Waals surface area contributed by atoms with E-state index in [1.807, 2.05) is 31.2 Å². The highest BCUT2D eigenvalue weighted by Crippen LogP contribution is 2.28. The first kappa shape index (κ1) is 16.3. The summed E-state index contributed by atoms with van der Waals surface area (Å²) in [5, 5.41) is 10.6. The normalized spacial score (nSPS) is 21.2. The quantitative estimate of drug-likeness (QED) is 0.830. The Morgan fingerprint density at radius 1 is 1.29 bits per heavy atom. The zero-order valence-corrected chi connectivity index (χ0v) is 13.4. The molecular formula is C18H29NO2. The fraction of sp³-hybridized carbons (Fsp3) is 0.667. The number of β-amino-alcohol motifs (C(OH)–C–C–N with tert-alkyl or cyclic N) is 1. The third-order valence-electron chi connectivity index (χ3n) is 4.36. The average molecular weight is 291 g/mol. The molecule has 2 rings (SSSR count). The van der Waals surface area contributed by atoms with Gasteiger partial charge in [0.25, 0.3) is 0 Å². The van der Waals surface area contributed by atoms with Gasteiger partial charge in [0.1, 0.15) is 5.75 Å². The van der Waals surface area contributed by atoms with Crippen molar-refractivity contribution in [2.45, 2.75) is 58.1 Å². The number of para-hydroxylation sites is 1. The standard InChI is InChI=1S/C18H29NO2/c1-3-9-15-10-7-8-13-19(15)14-17(20)16-11-5-6-12-18(16)21-4-2/h5-6,11-12,15,17,20H,3-4,7-10,13-14H2,1-2H3. The predicted molar refractivity (Wildman–Crippen MR) is 86.7 cm³/mol. The summed E-state index contributed by atoms with van der Waals surface area (Å²) in [6.45, 7) is 6.68. The Hall–Kier alpha value is -1.06. The van der Waals surface area contributed by atoms with Crippen LogP contribution in [0.5, 0.6) is 5.75 Å². The molecule has 21 heavy (non-hydrogen) atoms. The molecule has 1 N–H and O–H groups in total. The molecule has 1 aliphatic heterocycles. The maximum Gasteiger partial charge on any atom is 0.125 e. The van der Waals surface area contributed by atoms with Crippen LogP contribution in [0.3, 0.4) is 0 Å². The second-order valence-corrected chi connectivity index (χ2v) is 5.92. The molecule has 0 amide bonds. The number of ether oxygens (including phenoxy) is 1. The van der Waals surface area contributed by atoms with Gasteiger partial charge in [-0.2, -0.15) is 0 Å². The molecule has 1 fully saturated rings. The van der Waals surface area contributed by atoms with Crippen molar-refractivity contribution in [3.8, 4) is 5.75 Å². The lowest BCUT2D eigenvalue weighted by atomic mass is 9.97. The van der Waals surface area contributed by atoms with Gasteiger partial charge in [-0.3, -0.25) is 4.90 Å². The van der Waals surface area contributed by atoms with Crippen LogP contribution in [0.15, 0.2) is 24.3 Å². The fourth-order valence-corrected chi connectivity index (χ4v) is 3.32. The molecule has 3 heteroatoms. The third kappa shape index (κ3) is 4.45. The predicted octanol–water partition coefficient (Wildman–Crippen LogP) is 3.77. The van der Waals surface area contributed by atoms with Crippen molar-refractivity contribution in [3.05, 3.63) is 29.8 Å². The van der Waals surface area contributed by atoms with E-state index in [2.05, 4.69) is 11.8 Å². The van der Waals surface area contributed by atoms with E-state index in [9.17, 15) is 5.11 Å². The van der Waals surface area contributed by atoms with Crippen molar-refractivity contribution in [1.82, 2.24) is 4.90 Å². The molecule has 118 valence electrons. The van der Waals surface area contributed by atoms with E-state index < -0.39 is 6.10 Å². The molecule has 0 bridgehead atoms. The molecule has 0 aliphatic carbocycles. The number of aliphatic hydroxyl groups excluding tert-OH is 1. The van der Waals surface area contributed by atoms with E-state index in [1.54, 1.807) is 0 Å². The van der Waals surface area contributed by atoms with Crippen molar-refractivity contribution < 1.29 is 9.84 Å². The van der Waals surface area contributed by atoms with E-state index >= 15 is 0 Å². The van der Waals surface area contributed by atoms with Gasteiger partial charge in [-0.05, 0) is 38.8 Å². The van der Waals surface area contributed by atoms with Crippen molar-refractivity contribution in [2.24, 2.45) is 0 Å². The van der Waals surface area contributed by atoms with E-state index in [0.717, 1.165) is 24.4 Å². The molecular weight excluding hydrogens is 262 g/mol. The molecule has 1 aliphatic rings. The van der Waals surface area contributed by atoms with Gasteiger partial charge in [0.05, 0.1) is 12.7 Å². The van der Waals surface area contributed by atoms with Gasteiger partial charge in [-0.15, -0.1) is 0 Å². The Bertz CT molecular complexity index is 419. The molecule has 1 heterocycles. The highest BCUT2D eigenvalue weighted by atomic mass is 16.5. The van der Waals surface area contributed by atoms with Gasteiger partial charge in [0.2, 0.25) is 0 Å². The molecule has 0 spiro atoms. The number of hydrogen-bond donors (Lipinski definition) is 1. The van der Waals surface area contributed by atoms with Crippen LogP contribution < -0.4 is 4.74 Å². The van der Waals surface area contributed by atoms with Gasteiger partial charge in [0, 0.05) is 18.2 Å². The van der Waals surface area contributed by atoms with Crippen LogP contribution in [0.2, 0.25) is 0 Å². The zero-order chi connectivity index (χ0) is 15.1. The molecule has 0 saturated carbocycles.